The fourth-order valence-corrected chi connectivity index (χ4v) is 2.16. The molecular weight excluding hydrogens is 234 g/mol. The second-order valence-electron chi connectivity index (χ2n) is 5.07. The van der Waals surface area contributed by atoms with Crippen LogP contribution in [0.5, 0.6) is 5.75 Å². The lowest BCUT2D eigenvalue weighted by Crippen LogP contribution is -2.03. The Bertz CT molecular complexity index is 602. The van der Waals surface area contributed by atoms with Gasteiger partial charge in [0.15, 0.2) is 0 Å². The van der Waals surface area contributed by atoms with Gasteiger partial charge in [0, 0.05) is 5.69 Å². The second-order valence-corrected chi connectivity index (χ2v) is 5.07. The minimum Gasteiger partial charge on any atom is -0.488 e. The van der Waals surface area contributed by atoms with E-state index in [0.717, 1.165) is 22.6 Å². The molecule has 0 bridgehead atoms. The molecule has 2 aromatic rings. The SMILES string of the molecule is Cc1ccc(C)c(OCc2cccc(N)c2C)c1C. The molecule has 0 heterocycles. The molecule has 2 aromatic carbocycles. The molecule has 0 aliphatic carbocycles. The summed E-state index contributed by atoms with van der Waals surface area (Å²) in [5, 5.41) is 0. The van der Waals surface area contributed by atoms with Crippen molar-refractivity contribution in [3.63, 3.8) is 0 Å². The lowest BCUT2D eigenvalue weighted by Gasteiger charge is -2.15. The lowest BCUT2D eigenvalue weighted by atomic mass is 10.0. The van der Waals surface area contributed by atoms with Gasteiger partial charge in [-0.2, -0.15) is 0 Å². The van der Waals surface area contributed by atoms with Gasteiger partial charge in [-0.3, -0.25) is 0 Å². The number of nitrogen functional groups attached to an aromatic ring is 1. The zero-order chi connectivity index (χ0) is 14.0. The highest BCUT2D eigenvalue weighted by Crippen LogP contribution is 2.27. The first kappa shape index (κ1) is 13.5. The van der Waals surface area contributed by atoms with Crippen LogP contribution in [0, 0.1) is 27.7 Å². The van der Waals surface area contributed by atoms with Crippen LogP contribution in [0.25, 0.3) is 0 Å². The molecular formula is C17H21NO. The number of rotatable bonds is 3. The van der Waals surface area contributed by atoms with Crippen molar-refractivity contribution < 1.29 is 4.74 Å². The monoisotopic (exact) mass is 255 g/mol. The average Bonchev–Trinajstić information content (AvgIpc) is 2.39. The van der Waals surface area contributed by atoms with Crippen LogP contribution in [0.3, 0.4) is 0 Å². The molecule has 0 spiro atoms. The molecule has 2 heteroatoms. The molecule has 0 aliphatic heterocycles. The Balaban J connectivity index is 2.24. The first-order valence-corrected chi connectivity index (χ1v) is 6.54. The third-order valence-electron chi connectivity index (χ3n) is 3.73. The smallest absolute Gasteiger partial charge is 0.125 e. The van der Waals surface area contributed by atoms with Gasteiger partial charge in [0.2, 0.25) is 0 Å². The zero-order valence-corrected chi connectivity index (χ0v) is 12.1. The Morgan fingerprint density at radius 2 is 1.58 bits per heavy atom. The highest BCUT2D eigenvalue weighted by atomic mass is 16.5. The largest absolute Gasteiger partial charge is 0.488 e. The summed E-state index contributed by atoms with van der Waals surface area (Å²) in [6.45, 7) is 8.87. The molecule has 0 fully saturated rings. The van der Waals surface area contributed by atoms with E-state index in [9.17, 15) is 0 Å². The minimum atomic E-state index is 0.558. The predicted molar refractivity (Wildman–Crippen MR) is 80.6 cm³/mol. The molecule has 2 rings (SSSR count). The summed E-state index contributed by atoms with van der Waals surface area (Å²) in [5.74, 6) is 0.988. The van der Waals surface area contributed by atoms with Crippen molar-refractivity contribution in [1.82, 2.24) is 0 Å². The van der Waals surface area contributed by atoms with E-state index >= 15 is 0 Å². The van der Waals surface area contributed by atoms with Gasteiger partial charge in [0.05, 0.1) is 0 Å². The lowest BCUT2D eigenvalue weighted by molar-refractivity contribution is 0.301. The number of benzene rings is 2. The summed E-state index contributed by atoms with van der Waals surface area (Å²) in [6, 6.07) is 10.2. The van der Waals surface area contributed by atoms with E-state index < -0.39 is 0 Å². The van der Waals surface area contributed by atoms with Gasteiger partial charge in [-0.1, -0.05) is 24.3 Å². The van der Waals surface area contributed by atoms with Crippen molar-refractivity contribution >= 4 is 5.69 Å². The fourth-order valence-electron chi connectivity index (χ4n) is 2.16. The molecule has 2 nitrogen and oxygen atoms in total. The molecule has 0 saturated carbocycles. The summed E-state index contributed by atoms with van der Waals surface area (Å²) in [7, 11) is 0. The van der Waals surface area contributed by atoms with Gasteiger partial charge in [-0.15, -0.1) is 0 Å². The van der Waals surface area contributed by atoms with Crippen LogP contribution in [0.4, 0.5) is 5.69 Å². The van der Waals surface area contributed by atoms with E-state index in [4.69, 9.17) is 10.5 Å². The Labute approximate surface area is 115 Å². The third kappa shape index (κ3) is 2.73. The number of hydrogen-bond acceptors (Lipinski definition) is 2. The molecule has 2 N–H and O–H groups in total. The van der Waals surface area contributed by atoms with Crippen molar-refractivity contribution in [2.75, 3.05) is 5.73 Å². The highest BCUT2D eigenvalue weighted by molar-refractivity contribution is 5.50. The molecule has 0 aliphatic rings. The number of ether oxygens (including phenoxy) is 1. The topological polar surface area (TPSA) is 35.2 Å². The first-order chi connectivity index (χ1) is 9.00. The van der Waals surface area contributed by atoms with Crippen molar-refractivity contribution in [1.29, 1.82) is 0 Å². The van der Waals surface area contributed by atoms with Crippen molar-refractivity contribution in [3.8, 4) is 5.75 Å². The van der Waals surface area contributed by atoms with Crippen LogP contribution < -0.4 is 10.5 Å². The third-order valence-corrected chi connectivity index (χ3v) is 3.73. The standard InChI is InChI=1S/C17H21NO/c1-11-8-9-12(2)17(13(11)3)19-10-15-6-5-7-16(18)14(15)4/h5-9H,10,18H2,1-4H3. The maximum absolute atomic E-state index is 6.01. The Kier molecular flexibility index (Phi) is 3.79. The van der Waals surface area contributed by atoms with Crippen LogP contribution in [0.1, 0.15) is 27.8 Å². The summed E-state index contributed by atoms with van der Waals surface area (Å²) in [6.07, 6.45) is 0. The maximum atomic E-state index is 6.01. The minimum absolute atomic E-state index is 0.558. The molecule has 19 heavy (non-hydrogen) atoms. The molecule has 0 saturated heterocycles. The summed E-state index contributed by atoms with van der Waals surface area (Å²) >= 11 is 0. The highest BCUT2D eigenvalue weighted by Gasteiger charge is 2.08. The number of anilines is 1. The van der Waals surface area contributed by atoms with Gasteiger partial charge >= 0.3 is 0 Å². The normalized spacial score (nSPS) is 10.5. The van der Waals surface area contributed by atoms with E-state index in [0.29, 0.717) is 6.61 Å². The van der Waals surface area contributed by atoms with E-state index in [1.54, 1.807) is 0 Å². The number of aryl methyl sites for hydroxylation is 2. The Hall–Kier alpha value is -1.96. The summed E-state index contributed by atoms with van der Waals surface area (Å²) in [5.41, 5.74) is 12.6. The van der Waals surface area contributed by atoms with Crippen molar-refractivity contribution in [2.45, 2.75) is 34.3 Å². The van der Waals surface area contributed by atoms with Crippen LogP contribution >= 0.6 is 0 Å². The fraction of sp³-hybridized carbons (Fsp3) is 0.294. The average molecular weight is 255 g/mol. The van der Waals surface area contributed by atoms with Crippen LogP contribution in [0.2, 0.25) is 0 Å². The van der Waals surface area contributed by atoms with E-state index in [1.807, 2.05) is 19.1 Å². The maximum Gasteiger partial charge on any atom is 0.125 e. The summed E-state index contributed by atoms with van der Waals surface area (Å²) in [4.78, 5) is 0. The van der Waals surface area contributed by atoms with E-state index in [-0.39, 0.29) is 0 Å². The van der Waals surface area contributed by atoms with E-state index in [2.05, 4.69) is 39.0 Å². The second kappa shape index (κ2) is 5.35. The molecule has 0 aromatic heterocycles. The van der Waals surface area contributed by atoms with Crippen LogP contribution in [-0.2, 0) is 6.61 Å². The number of hydrogen-bond donors (Lipinski definition) is 1. The molecule has 0 amide bonds. The van der Waals surface area contributed by atoms with Crippen molar-refractivity contribution in [2.24, 2.45) is 0 Å². The molecule has 0 atom stereocenters. The van der Waals surface area contributed by atoms with Gasteiger partial charge in [0.25, 0.3) is 0 Å². The van der Waals surface area contributed by atoms with Gasteiger partial charge in [-0.25, -0.2) is 0 Å². The zero-order valence-electron chi connectivity index (χ0n) is 12.1. The van der Waals surface area contributed by atoms with Crippen LogP contribution in [-0.4, -0.2) is 0 Å². The Morgan fingerprint density at radius 3 is 2.32 bits per heavy atom. The number of nitrogens with two attached hydrogens (primary N) is 1. The van der Waals surface area contributed by atoms with Crippen LogP contribution in [0.15, 0.2) is 30.3 Å². The molecule has 0 radical (unpaired) electrons. The van der Waals surface area contributed by atoms with Crippen molar-refractivity contribution in [3.05, 3.63) is 58.1 Å². The Morgan fingerprint density at radius 1 is 0.895 bits per heavy atom. The molecule has 100 valence electrons. The van der Waals surface area contributed by atoms with E-state index in [1.165, 1.54) is 16.7 Å². The summed E-state index contributed by atoms with van der Waals surface area (Å²) < 4.78 is 6.01. The van der Waals surface area contributed by atoms with Gasteiger partial charge in [0.1, 0.15) is 12.4 Å². The van der Waals surface area contributed by atoms with Gasteiger partial charge < -0.3 is 10.5 Å². The quantitative estimate of drug-likeness (QED) is 0.839. The molecule has 0 unspecified atom stereocenters. The van der Waals surface area contributed by atoms with Gasteiger partial charge in [-0.05, 0) is 61.6 Å². The first-order valence-electron chi connectivity index (χ1n) is 6.54. The predicted octanol–water partition coefficient (Wildman–Crippen LogP) is 4.08.